The number of benzene rings is 1. The zero-order valence-corrected chi connectivity index (χ0v) is 15.7. The van der Waals surface area contributed by atoms with E-state index in [0.29, 0.717) is 23.6 Å². The third-order valence-corrected chi connectivity index (χ3v) is 3.74. The van der Waals surface area contributed by atoms with E-state index in [2.05, 4.69) is 20.5 Å². The molecule has 140 valence electrons. The molecule has 1 heterocycles. The highest BCUT2D eigenvalue weighted by Crippen LogP contribution is 2.31. The SMILES string of the molecule is COc1ccc(Nc2cncc(C(=O)NCCCN(C)C)c2)cc1OC. The minimum Gasteiger partial charge on any atom is -0.493 e. The third kappa shape index (κ3) is 5.63. The molecule has 0 aliphatic heterocycles. The number of methoxy groups -OCH3 is 2. The first-order chi connectivity index (χ1) is 12.5. The number of hydrogen-bond donors (Lipinski definition) is 2. The highest BCUT2D eigenvalue weighted by atomic mass is 16.5. The fourth-order valence-corrected chi connectivity index (χ4v) is 2.41. The van der Waals surface area contributed by atoms with Gasteiger partial charge in [0.2, 0.25) is 0 Å². The molecule has 0 radical (unpaired) electrons. The first-order valence-corrected chi connectivity index (χ1v) is 8.40. The number of nitrogens with one attached hydrogen (secondary N) is 2. The van der Waals surface area contributed by atoms with Crippen molar-refractivity contribution in [3.63, 3.8) is 0 Å². The molecule has 0 aliphatic rings. The van der Waals surface area contributed by atoms with E-state index in [0.717, 1.165) is 24.3 Å². The topological polar surface area (TPSA) is 75.7 Å². The lowest BCUT2D eigenvalue weighted by atomic mass is 10.2. The van der Waals surface area contributed by atoms with Gasteiger partial charge in [-0.2, -0.15) is 0 Å². The molecule has 0 atom stereocenters. The van der Waals surface area contributed by atoms with Crippen molar-refractivity contribution >= 4 is 17.3 Å². The molecule has 2 rings (SSSR count). The van der Waals surface area contributed by atoms with Gasteiger partial charge in [-0.3, -0.25) is 9.78 Å². The second-order valence-electron chi connectivity index (χ2n) is 6.07. The standard InChI is InChI=1S/C19H26N4O3/c1-23(2)9-5-8-21-19(24)14-10-16(13-20-12-14)22-15-6-7-17(25-3)18(11-15)26-4/h6-7,10-13,22H,5,8-9H2,1-4H3,(H,21,24). The van der Waals surface area contributed by atoms with Crippen LogP contribution in [0.15, 0.2) is 36.7 Å². The number of anilines is 2. The van der Waals surface area contributed by atoms with Gasteiger partial charge in [-0.1, -0.05) is 0 Å². The second kappa shape index (κ2) is 9.62. The fraction of sp³-hybridized carbons (Fsp3) is 0.368. The number of rotatable bonds is 9. The van der Waals surface area contributed by atoms with Gasteiger partial charge in [0, 0.05) is 24.5 Å². The number of ether oxygens (including phenoxy) is 2. The molecule has 1 amide bonds. The zero-order valence-electron chi connectivity index (χ0n) is 15.7. The van der Waals surface area contributed by atoms with Crippen LogP contribution >= 0.6 is 0 Å². The van der Waals surface area contributed by atoms with Crippen LogP contribution in [0.25, 0.3) is 0 Å². The smallest absolute Gasteiger partial charge is 0.252 e. The summed E-state index contributed by atoms with van der Waals surface area (Å²) < 4.78 is 10.5. The van der Waals surface area contributed by atoms with Crippen LogP contribution in [-0.4, -0.2) is 57.2 Å². The van der Waals surface area contributed by atoms with Crippen molar-refractivity contribution in [3.05, 3.63) is 42.2 Å². The summed E-state index contributed by atoms with van der Waals surface area (Å²) in [6, 6.07) is 7.28. The van der Waals surface area contributed by atoms with Crippen molar-refractivity contribution in [2.24, 2.45) is 0 Å². The van der Waals surface area contributed by atoms with E-state index in [-0.39, 0.29) is 5.91 Å². The lowest BCUT2D eigenvalue weighted by Crippen LogP contribution is -2.27. The largest absolute Gasteiger partial charge is 0.493 e. The van der Waals surface area contributed by atoms with Crippen LogP contribution in [-0.2, 0) is 0 Å². The Morgan fingerprint density at radius 2 is 1.85 bits per heavy atom. The van der Waals surface area contributed by atoms with Gasteiger partial charge in [-0.15, -0.1) is 0 Å². The van der Waals surface area contributed by atoms with Crippen LogP contribution in [0.2, 0.25) is 0 Å². The molecule has 0 saturated carbocycles. The molecule has 0 saturated heterocycles. The van der Waals surface area contributed by atoms with Crippen molar-refractivity contribution in [2.75, 3.05) is 46.7 Å². The molecule has 7 heteroatoms. The number of amides is 1. The van der Waals surface area contributed by atoms with Crippen molar-refractivity contribution in [1.82, 2.24) is 15.2 Å². The predicted octanol–water partition coefficient (Wildman–Crippen LogP) is 2.52. The van der Waals surface area contributed by atoms with E-state index in [1.807, 2.05) is 32.3 Å². The Hall–Kier alpha value is -2.80. The number of carbonyl (C=O) groups excluding carboxylic acids is 1. The number of aromatic nitrogens is 1. The van der Waals surface area contributed by atoms with Gasteiger partial charge < -0.3 is 25.0 Å². The summed E-state index contributed by atoms with van der Waals surface area (Å²) in [6.45, 7) is 1.56. The number of pyridine rings is 1. The van der Waals surface area contributed by atoms with E-state index in [1.54, 1.807) is 32.7 Å². The van der Waals surface area contributed by atoms with Gasteiger partial charge in [0.15, 0.2) is 11.5 Å². The van der Waals surface area contributed by atoms with E-state index >= 15 is 0 Å². The van der Waals surface area contributed by atoms with Gasteiger partial charge in [-0.05, 0) is 45.3 Å². The molecule has 7 nitrogen and oxygen atoms in total. The molecule has 0 bridgehead atoms. The Labute approximate surface area is 154 Å². The maximum atomic E-state index is 12.2. The molecular formula is C19H26N4O3. The third-order valence-electron chi connectivity index (χ3n) is 3.74. The van der Waals surface area contributed by atoms with Gasteiger partial charge in [0.1, 0.15) is 0 Å². The maximum absolute atomic E-state index is 12.2. The van der Waals surface area contributed by atoms with Crippen LogP contribution in [0.3, 0.4) is 0 Å². The molecule has 2 aromatic rings. The van der Waals surface area contributed by atoms with E-state index in [1.165, 1.54) is 0 Å². The van der Waals surface area contributed by atoms with Crippen molar-refractivity contribution in [1.29, 1.82) is 0 Å². The van der Waals surface area contributed by atoms with Crippen LogP contribution in [0.4, 0.5) is 11.4 Å². The summed E-state index contributed by atoms with van der Waals surface area (Å²) >= 11 is 0. The Balaban J connectivity index is 2.01. The highest BCUT2D eigenvalue weighted by molar-refractivity contribution is 5.94. The molecule has 0 unspecified atom stereocenters. The minimum absolute atomic E-state index is 0.132. The highest BCUT2D eigenvalue weighted by Gasteiger charge is 2.08. The predicted molar refractivity (Wildman–Crippen MR) is 103 cm³/mol. The lowest BCUT2D eigenvalue weighted by Gasteiger charge is -2.12. The average Bonchev–Trinajstić information content (AvgIpc) is 2.65. The molecule has 1 aromatic carbocycles. The fourth-order valence-electron chi connectivity index (χ4n) is 2.41. The van der Waals surface area contributed by atoms with Gasteiger partial charge in [-0.25, -0.2) is 0 Å². The molecule has 2 N–H and O–H groups in total. The number of nitrogens with zero attached hydrogens (tertiary/aromatic N) is 2. The molecule has 0 fully saturated rings. The summed E-state index contributed by atoms with van der Waals surface area (Å²) in [5, 5.41) is 6.13. The summed E-state index contributed by atoms with van der Waals surface area (Å²) in [7, 11) is 7.20. The first kappa shape index (κ1) is 19.5. The molecule has 0 spiro atoms. The Morgan fingerprint density at radius 3 is 2.54 bits per heavy atom. The maximum Gasteiger partial charge on any atom is 0.252 e. The summed E-state index contributed by atoms with van der Waals surface area (Å²) in [5.41, 5.74) is 2.05. The van der Waals surface area contributed by atoms with Gasteiger partial charge in [0.05, 0.1) is 31.7 Å². The Kier molecular flexibility index (Phi) is 7.23. The van der Waals surface area contributed by atoms with Crippen molar-refractivity contribution < 1.29 is 14.3 Å². The van der Waals surface area contributed by atoms with Crippen molar-refractivity contribution in [3.8, 4) is 11.5 Å². The first-order valence-electron chi connectivity index (χ1n) is 8.40. The molecular weight excluding hydrogens is 332 g/mol. The summed E-state index contributed by atoms with van der Waals surface area (Å²) in [5.74, 6) is 1.15. The minimum atomic E-state index is -0.132. The molecule has 0 aliphatic carbocycles. The normalized spacial score (nSPS) is 10.5. The lowest BCUT2D eigenvalue weighted by molar-refractivity contribution is 0.0952. The van der Waals surface area contributed by atoms with Crippen LogP contribution in [0.1, 0.15) is 16.8 Å². The Bertz CT molecular complexity index is 734. The summed E-state index contributed by atoms with van der Waals surface area (Å²) in [4.78, 5) is 18.5. The van der Waals surface area contributed by atoms with Crippen molar-refractivity contribution in [2.45, 2.75) is 6.42 Å². The van der Waals surface area contributed by atoms with Gasteiger partial charge in [0.25, 0.3) is 5.91 Å². The van der Waals surface area contributed by atoms with Crippen LogP contribution < -0.4 is 20.1 Å². The van der Waals surface area contributed by atoms with Gasteiger partial charge >= 0.3 is 0 Å². The Morgan fingerprint density at radius 1 is 1.08 bits per heavy atom. The quantitative estimate of drug-likeness (QED) is 0.671. The zero-order chi connectivity index (χ0) is 18.9. The van der Waals surface area contributed by atoms with E-state index in [4.69, 9.17) is 9.47 Å². The molecule has 1 aromatic heterocycles. The second-order valence-corrected chi connectivity index (χ2v) is 6.07. The summed E-state index contributed by atoms with van der Waals surface area (Å²) in [6.07, 6.45) is 4.12. The monoisotopic (exact) mass is 358 g/mol. The van der Waals surface area contributed by atoms with Crippen LogP contribution in [0, 0.1) is 0 Å². The van der Waals surface area contributed by atoms with E-state index in [9.17, 15) is 4.79 Å². The molecule has 26 heavy (non-hydrogen) atoms. The number of hydrogen-bond acceptors (Lipinski definition) is 6. The average molecular weight is 358 g/mol. The van der Waals surface area contributed by atoms with Crippen LogP contribution in [0.5, 0.6) is 11.5 Å². The van der Waals surface area contributed by atoms with E-state index < -0.39 is 0 Å². The number of carbonyl (C=O) groups is 1.